The van der Waals surface area contributed by atoms with Crippen LogP contribution in [0.1, 0.15) is 5.56 Å². The molecule has 0 atom stereocenters. The summed E-state index contributed by atoms with van der Waals surface area (Å²) in [4.78, 5) is 10.8. The second kappa shape index (κ2) is 5.29. The van der Waals surface area contributed by atoms with Gasteiger partial charge >= 0.3 is 6.03 Å². The molecular formula is C10H12F2N2O. The topological polar surface area (TPSA) is 41.1 Å². The van der Waals surface area contributed by atoms with E-state index in [4.69, 9.17) is 0 Å². The average Bonchev–Trinajstić information content (AvgIpc) is 2.23. The van der Waals surface area contributed by atoms with Crippen LogP contribution in [0.3, 0.4) is 0 Å². The van der Waals surface area contributed by atoms with Crippen LogP contribution in [0.5, 0.6) is 0 Å². The molecule has 0 heterocycles. The SMILES string of the molecule is CNC(=O)NCCc1ccc(F)c(F)c1. The zero-order valence-corrected chi connectivity index (χ0v) is 8.31. The summed E-state index contributed by atoms with van der Waals surface area (Å²) in [6, 6.07) is 3.40. The number of halogens is 2. The van der Waals surface area contributed by atoms with E-state index in [0.29, 0.717) is 18.5 Å². The third kappa shape index (κ3) is 3.53. The Morgan fingerprint density at radius 3 is 2.67 bits per heavy atom. The van der Waals surface area contributed by atoms with Crippen molar-refractivity contribution in [2.75, 3.05) is 13.6 Å². The molecule has 0 aromatic heterocycles. The minimum atomic E-state index is -0.868. The summed E-state index contributed by atoms with van der Waals surface area (Å²) in [6.45, 7) is 0.380. The van der Waals surface area contributed by atoms with E-state index >= 15 is 0 Å². The first kappa shape index (κ1) is 11.4. The molecule has 3 nitrogen and oxygen atoms in total. The van der Waals surface area contributed by atoms with Gasteiger partial charge in [0.1, 0.15) is 0 Å². The van der Waals surface area contributed by atoms with Crippen molar-refractivity contribution in [2.45, 2.75) is 6.42 Å². The smallest absolute Gasteiger partial charge is 0.314 e. The number of urea groups is 1. The molecule has 0 saturated carbocycles. The Labute approximate surface area is 86.5 Å². The van der Waals surface area contributed by atoms with Crippen LogP contribution in [0, 0.1) is 11.6 Å². The summed E-state index contributed by atoms with van der Waals surface area (Å²) >= 11 is 0. The third-order valence-corrected chi connectivity index (χ3v) is 1.91. The summed E-state index contributed by atoms with van der Waals surface area (Å²) < 4.78 is 25.3. The van der Waals surface area contributed by atoms with Crippen molar-refractivity contribution in [3.63, 3.8) is 0 Å². The van der Waals surface area contributed by atoms with E-state index in [1.54, 1.807) is 0 Å². The van der Waals surface area contributed by atoms with Crippen LogP contribution in [-0.4, -0.2) is 19.6 Å². The Balaban J connectivity index is 2.44. The Morgan fingerprint density at radius 1 is 1.33 bits per heavy atom. The van der Waals surface area contributed by atoms with Crippen LogP contribution >= 0.6 is 0 Å². The Morgan fingerprint density at radius 2 is 2.07 bits per heavy atom. The number of carbonyl (C=O) groups excluding carboxylic acids is 1. The molecule has 1 rings (SSSR count). The lowest BCUT2D eigenvalue weighted by molar-refractivity contribution is 0.243. The third-order valence-electron chi connectivity index (χ3n) is 1.91. The molecule has 5 heteroatoms. The fourth-order valence-electron chi connectivity index (χ4n) is 1.10. The average molecular weight is 214 g/mol. The quantitative estimate of drug-likeness (QED) is 0.785. The minimum Gasteiger partial charge on any atom is -0.341 e. The molecule has 2 N–H and O–H groups in total. The minimum absolute atomic E-state index is 0.294. The lowest BCUT2D eigenvalue weighted by atomic mass is 10.1. The number of hydrogen-bond acceptors (Lipinski definition) is 1. The van der Waals surface area contributed by atoms with Crippen molar-refractivity contribution >= 4 is 6.03 Å². The molecule has 0 aliphatic carbocycles. The van der Waals surface area contributed by atoms with E-state index in [0.717, 1.165) is 12.1 Å². The van der Waals surface area contributed by atoms with E-state index in [2.05, 4.69) is 10.6 Å². The summed E-state index contributed by atoms with van der Waals surface area (Å²) in [7, 11) is 1.51. The van der Waals surface area contributed by atoms with Gasteiger partial charge in [0.2, 0.25) is 0 Å². The van der Waals surface area contributed by atoms with Gasteiger partial charge in [0.25, 0.3) is 0 Å². The van der Waals surface area contributed by atoms with E-state index in [1.807, 2.05) is 0 Å². The molecule has 0 spiro atoms. The first-order valence-electron chi connectivity index (χ1n) is 4.53. The Hall–Kier alpha value is -1.65. The predicted molar refractivity (Wildman–Crippen MR) is 52.5 cm³/mol. The molecule has 15 heavy (non-hydrogen) atoms. The van der Waals surface area contributed by atoms with E-state index in [9.17, 15) is 13.6 Å². The van der Waals surface area contributed by atoms with Gasteiger partial charge in [-0.05, 0) is 24.1 Å². The molecule has 1 aromatic carbocycles. The highest BCUT2D eigenvalue weighted by Gasteiger charge is 2.02. The molecular weight excluding hydrogens is 202 g/mol. The van der Waals surface area contributed by atoms with Crippen molar-refractivity contribution in [3.8, 4) is 0 Å². The molecule has 0 saturated heterocycles. The second-order valence-electron chi connectivity index (χ2n) is 3.00. The van der Waals surface area contributed by atoms with Crippen LogP contribution in [0.25, 0.3) is 0 Å². The summed E-state index contributed by atoms with van der Waals surface area (Å²) in [5.41, 5.74) is 0.644. The predicted octanol–water partition coefficient (Wildman–Crippen LogP) is 1.44. The van der Waals surface area contributed by atoms with E-state index < -0.39 is 11.6 Å². The lowest BCUT2D eigenvalue weighted by Crippen LogP contribution is -2.34. The van der Waals surface area contributed by atoms with Crippen molar-refractivity contribution < 1.29 is 13.6 Å². The van der Waals surface area contributed by atoms with Crippen molar-refractivity contribution in [2.24, 2.45) is 0 Å². The highest BCUT2D eigenvalue weighted by atomic mass is 19.2. The van der Waals surface area contributed by atoms with Crippen LogP contribution in [-0.2, 0) is 6.42 Å². The van der Waals surface area contributed by atoms with E-state index in [-0.39, 0.29) is 6.03 Å². The van der Waals surface area contributed by atoms with Gasteiger partial charge in [-0.1, -0.05) is 6.07 Å². The van der Waals surface area contributed by atoms with Crippen LogP contribution in [0.4, 0.5) is 13.6 Å². The molecule has 1 aromatic rings. The number of hydrogen-bond donors (Lipinski definition) is 2. The molecule has 82 valence electrons. The molecule has 2 amide bonds. The first-order valence-corrected chi connectivity index (χ1v) is 4.53. The first-order chi connectivity index (χ1) is 7.13. The van der Waals surface area contributed by atoms with Crippen LogP contribution in [0.2, 0.25) is 0 Å². The van der Waals surface area contributed by atoms with Gasteiger partial charge in [-0.25, -0.2) is 13.6 Å². The summed E-state index contributed by atoms with van der Waals surface area (Å²) in [5, 5.41) is 4.94. The zero-order valence-electron chi connectivity index (χ0n) is 8.31. The zero-order chi connectivity index (χ0) is 11.3. The molecule has 0 aliphatic heterocycles. The standard InChI is InChI=1S/C10H12F2N2O/c1-13-10(15)14-5-4-7-2-3-8(11)9(12)6-7/h2-3,6H,4-5H2,1H3,(H2,13,14,15). The number of nitrogens with one attached hydrogen (secondary N) is 2. The molecule has 0 fully saturated rings. The molecule has 0 radical (unpaired) electrons. The maximum atomic E-state index is 12.8. The maximum Gasteiger partial charge on any atom is 0.314 e. The van der Waals surface area contributed by atoms with Gasteiger partial charge in [0, 0.05) is 13.6 Å². The fraction of sp³-hybridized carbons (Fsp3) is 0.300. The second-order valence-corrected chi connectivity index (χ2v) is 3.00. The largest absolute Gasteiger partial charge is 0.341 e. The number of carbonyl (C=O) groups is 1. The normalized spacial score (nSPS) is 9.80. The summed E-state index contributed by atoms with van der Waals surface area (Å²) in [5.74, 6) is -1.73. The van der Waals surface area contributed by atoms with Gasteiger partial charge in [0.05, 0.1) is 0 Å². The van der Waals surface area contributed by atoms with Gasteiger partial charge in [-0.3, -0.25) is 0 Å². The maximum absolute atomic E-state index is 12.8. The highest BCUT2D eigenvalue weighted by molar-refractivity contribution is 5.73. The van der Waals surface area contributed by atoms with Gasteiger partial charge in [-0.2, -0.15) is 0 Å². The van der Waals surface area contributed by atoms with Crippen molar-refractivity contribution in [1.29, 1.82) is 0 Å². The van der Waals surface area contributed by atoms with Crippen molar-refractivity contribution in [3.05, 3.63) is 35.4 Å². The van der Waals surface area contributed by atoms with Crippen LogP contribution < -0.4 is 10.6 Å². The highest BCUT2D eigenvalue weighted by Crippen LogP contribution is 2.08. The van der Waals surface area contributed by atoms with Crippen molar-refractivity contribution in [1.82, 2.24) is 10.6 Å². The summed E-state index contributed by atoms with van der Waals surface area (Å²) in [6.07, 6.45) is 0.463. The number of benzene rings is 1. The molecule has 0 unspecified atom stereocenters. The fourth-order valence-corrected chi connectivity index (χ4v) is 1.10. The van der Waals surface area contributed by atoms with Gasteiger partial charge in [-0.15, -0.1) is 0 Å². The Bertz CT molecular complexity index is 355. The van der Waals surface area contributed by atoms with Gasteiger partial charge in [0.15, 0.2) is 11.6 Å². The van der Waals surface area contributed by atoms with Gasteiger partial charge < -0.3 is 10.6 Å². The van der Waals surface area contributed by atoms with E-state index in [1.165, 1.54) is 13.1 Å². The Kier molecular flexibility index (Phi) is 4.03. The molecule has 0 aliphatic rings. The monoisotopic (exact) mass is 214 g/mol. The lowest BCUT2D eigenvalue weighted by Gasteiger charge is -2.04. The number of amides is 2. The number of rotatable bonds is 3. The van der Waals surface area contributed by atoms with Crippen LogP contribution in [0.15, 0.2) is 18.2 Å². The molecule has 0 bridgehead atoms.